The number of anilines is 1. The molecule has 2 aromatic heterocycles. The van der Waals surface area contributed by atoms with Gasteiger partial charge in [-0.15, -0.1) is 11.3 Å². The normalized spacial score (nSPS) is 15.6. The summed E-state index contributed by atoms with van der Waals surface area (Å²) in [5, 5.41) is 12.1. The number of carbonyl (C=O) groups is 1. The highest BCUT2D eigenvalue weighted by Crippen LogP contribution is 2.43. The van der Waals surface area contributed by atoms with Gasteiger partial charge in [-0.2, -0.15) is 0 Å². The van der Waals surface area contributed by atoms with Gasteiger partial charge in [0.15, 0.2) is 22.1 Å². The van der Waals surface area contributed by atoms with Crippen LogP contribution in [0.15, 0.2) is 57.2 Å². The molecular weight excluding hydrogens is 411 g/mol. The van der Waals surface area contributed by atoms with E-state index >= 15 is 0 Å². The molecule has 1 aliphatic rings. The number of hydrogen-bond acceptors (Lipinski definition) is 7. The number of amides is 1. The van der Waals surface area contributed by atoms with Crippen molar-refractivity contribution >= 4 is 33.3 Å². The van der Waals surface area contributed by atoms with E-state index in [4.69, 9.17) is 9.15 Å². The third-order valence-electron chi connectivity index (χ3n) is 4.98. The average molecular weight is 424 g/mol. The number of phenols is 1. The number of ether oxygens (including phenoxy) is 1. The van der Waals surface area contributed by atoms with Gasteiger partial charge < -0.3 is 14.3 Å². The number of fused-ring (bicyclic) bond motifs is 2. The van der Waals surface area contributed by atoms with Crippen LogP contribution in [0.5, 0.6) is 11.5 Å². The van der Waals surface area contributed by atoms with Crippen LogP contribution in [0, 0.1) is 5.82 Å². The Morgan fingerprint density at radius 3 is 2.80 bits per heavy atom. The number of aromatic nitrogens is 1. The van der Waals surface area contributed by atoms with Crippen molar-refractivity contribution in [1.29, 1.82) is 0 Å². The van der Waals surface area contributed by atoms with E-state index in [1.807, 2.05) is 0 Å². The molecule has 0 unspecified atom stereocenters. The maximum absolute atomic E-state index is 13.8. The third kappa shape index (κ3) is 2.59. The fraction of sp³-hybridized carbons (Fsp3) is 0.0952. The molecule has 5 rings (SSSR count). The molecule has 0 saturated carbocycles. The Hall–Kier alpha value is -3.72. The Morgan fingerprint density at radius 2 is 2.07 bits per heavy atom. The summed E-state index contributed by atoms with van der Waals surface area (Å²) in [7, 11) is 1.40. The van der Waals surface area contributed by atoms with Crippen molar-refractivity contribution in [2.75, 3.05) is 12.0 Å². The first kappa shape index (κ1) is 18.3. The first-order valence-corrected chi connectivity index (χ1v) is 9.73. The van der Waals surface area contributed by atoms with Gasteiger partial charge in [0.05, 0.1) is 24.1 Å². The van der Waals surface area contributed by atoms with E-state index < -0.39 is 23.2 Å². The van der Waals surface area contributed by atoms with Gasteiger partial charge in [-0.25, -0.2) is 9.37 Å². The summed E-state index contributed by atoms with van der Waals surface area (Å²) in [6, 6.07) is 7.24. The Bertz CT molecular complexity index is 1370. The van der Waals surface area contributed by atoms with Gasteiger partial charge >= 0.3 is 0 Å². The Labute approximate surface area is 172 Å². The molecule has 1 aliphatic heterocycles. The third-order valence-corrected chi connectivity index (χ3v) is 5.75. The molecule has 0 bridgehead atoms. The minimum atomic E-state index is -0.878. The summed E-state index contributed by atoms with van der Waals surface area (Å²) < 4.78 is 24.7. The first-order valence-electron chi connectivity index (χ1n) is 8.86. The van der Waals surface area contributed by atoms with E-state index in [9.17, 15) is 19.1 Å². The summed E-state index contributed by atoms with van der Waals surface area (Å²) in [5.74, 6) is -1.13. The fourth-order valence-electron chi connectivity index (χ4n) is 3.66. The minimum Gasteiger partial charge on any atom is -0.504 e. The van der Waals surface area contributed by atoms with Crippen molar-refractivity contribution in [3.05, 3.63) is 80.9 Å². The number of rotatable bonds is 3. The van der Waals surface area contributed by atoms with Crippen molar-refractivity contribution in [1.82, 2.24) is 4.98 Å². The molecular formula is C21H13FN2O5S. The van der Waals surface area contributed by atoms with E-state index in [1.165, 1.54) is 41.5 Å². The average Bonchev–Trinajstić information content (AvgIpc) is 3.36. The van der Waals surface area contributed by atoms with Gasteiger partial charge in [-0.1, -0.05) is 6.07 Å². The Kier molecular flexibility index (Phi) is 4.07. The maximum Gasteiger partial charge on any atom is 0.297 e. The lowest BCUT2D eigenvalue weighted by Crippen LogP contribution is -2.29. The molecule has 30 heavy (non-hydrogen) atoms. The monoisotopic (exact) mass is 424 g/mol. The molecule has 9 heteroatoms. The molecule has 1 N–H and O–H groups in total. The maximum atomic E-state index is 13.8. The molecule has 3 heterocycles. The Morgan fingerprint density at radius 1 is 1.23 bits per heavy atom. The van der Waals surface area contributed by atoms with Crippen LogP contribution in [0.2, 0.25) is 0 Å². The van der Waals surface area contributed by atoms with Gasteiger partial charge in [0, 0.05) is 11.6 Å². The fourth-order valence-corrected chi connectivity index (χ4v) is 4.32. The molecule has 0 saturated heterocycles. The van der Waals surface area contributed by atoms with E-state index in [2.05, 4.69) is 4.98 Å². The van der Waals surface area contributed by atoms with Gasteiger partial charge in [0.2, 0.25) is 5.76 Å². The molecule has 0 spiro atoms. The van der Waals surface area contributed by atoms with E-state index in [1.54, 1.807) is 17.6 Å². The molecule has 1 amide bonds. The molecule has 0 aliphatic carbocycles. The van der Waals surface area contributed by atoms with E-state index in [0.717, 1.165) is 12.1 Å². The zero-order valence-corrected chi connectivity index (χ0v) is 16.3. The molecule has 0 radical (unpaired) electrons. The van der Waals surface area contributed by atoms with Gasteiger partial charge in [0.1, 0.15) is 11.4 Å². The standard InChI is InChI=1S/C21H13FN2O5S/c1-28-15-8-10(2-4-13(15)25)17-16-18(26)12-9-11(22)3-5-14(12)29-19(16)20(27)24(17)21-23-6-7-30-21/h2-9,17,25H,1H3/t17-/m0/s1. The smallest absolute Gasteiger partial charge is 0.297 e. The number of hydrogen-bond donors (Lipinski definition) is 1. The van der Waals surface area contributed by atoms with Crippen LogP contribution in [0.25, 0.3) is 11.0 Å². The van der Waals surface area contributed by atoms with Crippen molar-refractivity contribution in [2.45, 2.75) is 6.04 Å². The van der Waals surface area contributed by atoms with Crippen LogP contribution >= 0.6 is 11.3 Å². The minimum absolute atomic E-state index is 0.0401. The second-order valence-corrected chi connectivity index (χ2v) is 7.51. The highest BCUT2D eigenvalue weighted by Gasteiger charge is 2.45. The highest BCUT2D eigenvalue weighted by atomic mass is 32.1. The molecule has 150 valence electrons. The molecule has 4 aromatic rings. The van der Waals surface area contributed by atoms with Crippen molar-refractivity contribution < 1.29 is 23.4 Å². The number of halogens is 1. The topological polar surface area (TPSA) is 92.9 Å². The van der Waals surface area contributed by atoms with Crippen molar-refractivity contribution in [3.63, 3.8) is 0 Å². The van der Waals surface area contributed by atoms with Gasteiger partial charge in [-0.05, 0) is 35.9 Å². The Balaban J connectivity index is 1.83. The van der Waals surface area contributed by atoms with Crippen LogP contribution in [0.3, 0.4) is 0 Å². The molecule has 1 atom stereocenters. The zero-order chi connectivity index (χ0) is 21.0. The molecule has 0 fully saturated rings. The number of thiazole rings is 1. The van der Waals surface area contributed by atoms with Crippen LogP contribution in [-0.4, -0.2) is 23.1 Å². The largest absolute Gasteiger partial charge is 0.504 e. The second-order valence-electron chi connectivity index (χ2n) is 6.64. The number of carbonyl (C=O) groups excluding carboxylic acids is 1. The number of benzene rings is 2. The summed E-state index contributed by atoms with van der Waals surface area (Å²) in [6.07, 6.45) is 1.55. The van der Waals surface area contributed by atoms with Gasteiger partial charge in [-0.3, -0.25) is 14.5 Å². The predicted molar refractivity (Wildman–Crippen MR) is 108 cm³/mol. The number of nitrogens with zero attached hydrogens (tertiary/aromatic N) is 2. The lowest BCUT2D eigenvalue weighted by atomic mass is 9.98. The summed E-state index contributed by atoms with van der Waals surface area (Å²) in [6.45, 7) is 0. The SMILES string of the molecule is COc1cc([C@H]2c3c(oc4ccc(F)cc4c3=O)C(=O)N2c2nccs2)ccc1O. The summed E-state index contributed by atoms with van der Waals surface area (Å²) in [4.78, 5) is 32.2. The summed E-state index contributed by atoms with van der Waals surface area (Å²) >= 11 is 1.23. The van der Waals surface area contributed by atoms with Crippen molar-refractivity contribution in [3.8, 4) is 11.5 Å². The first-order chi connectivity index (χ1) is 14.5. The van der Waals surface area contributed by atoms with Crippen LogP contribution in [-0.2, 0) is 0 Å². The number of phenolic OH excluding ortho intramolecular Hbond substituents is 1. The molecule has 7 nitrogen and oxygen atoms in total. The predicted octanol–water partition coefficient (Wildman–Crippen LogP) is 3.85. The van der Waals surface area contributed by atoms with Crippen LogP contribution in [0.1, 0.15) is 27.7 Å². The van der Waals surface area contributed by atoms with Crippen LogP contribution < -0.4 is 15.1 Å². The number of aromatic hydroxyl groups is 1. The number of methoxy groups -OCH3 is 1. The zero-order valence-electron chi connectivity index (χ0n) is 15.5. The quantitative estimate of drug-likeness (QED) is 0.537. The lowest BCUT2D eigenvalue weighted by molar-refractivity contribution is 0.0971. The van der Waals surface area contributed by atoms with Gasteiger partial charge in [0.25, 0.3) is 5.91 Å². The second kappa shape index (κ2) is 6.67. The molecule has 2 aromatic carbocycles. The lowest BCUT2D eigenvalue weighted by Gasteiger charge is -2.23. The summed E-state index contributed by atoms with van der Waals surface area (Å²) in [5.41, 5.74) is 0.211. The van der Waals surface area contributed by atoms with Crippen molar-refractivity contribution in [2.24, 2.45) is 0 Å². The van der Waals surface area contributed by atoms with E-state index in [0.29, 0.717) is 10.7 Å². The highest BCUT2D eigenvalue weighted by molar-refractivity contribution is 7.13. The van der Waals surface area contributed by atoms with E-state index in [-0.39, 0.29) is 33.8 Å². The van der Waals surface area contributed by atoms with Crippen LogP contribution in [0.4, 0.5) is 9.52 Å².